The van der Waals surface area contributed by atoms with Crippen molar-refractivity contribution in [3.8, 4) is 11.5 Å². The number of rotatable bonds is 4. The van der Waals surface area contributed by atoms with Gasteiger partial charge < -0.3 is 24.3 Å². The molecular weight excluding hydrogens is 736 g/mol. The average Bonchev–Trinajstić information content (AvgIpc) is 3.29. The van der Waals surface area contributed by atoms with Crippen molar-refractivity contribution in [1.29, 1.82) is 0 Å². The summed E-state index contributed by atoms with van der Waals surface area (Å²) < 4.78 is 6.40. The molecule has 0 bridgehead atoms. The van der Waals surface area contributed by atoms with E-state index in [-0.39, 0.29) is 37.4 Å². The Balaban J connectivity index is 0.00000400. The zero-order valence-electron chi connectivity index (χ0n) is 28.1. The third-order valence-electron chi connectivity index (χ3n) is 8.90. The molecule has 0 fully saturated rings. The van der Waals surface area contributed by atoms with E-state index in [1.807, 2.05) is 24.3 Å². The van der Waals surface area contributed by atoms with Gasteiger partial charge in [0.1, 0.15) is 0 Å². The Morgan fingerprint density at radius 3 is 1.71 bits per heavy atom. The summed E-state index contributed by atoms with van der Waals surface area (Å²) in [6.07, 6.45) is 0. The van der Waals surface area contributed by atoms with Crippen LogP contribution in [0.1, 0.15) is 72.1 Å². The third-order valence-corrected chi connectivity index (χ3v) is 8.90. The van der Waals surface area contributed by atoms with Crippen molar-refractivity contribution in [3.05, 3.63) is 115 Å². The predicted octanol–water partition coefficient (Wildman–Crippen LogP) is 9.82. The molecule has 0 aliphatic carbocycles. The molecule has 0 saturated heterocycles. The minimum absolute atomic E-state index is 0. The molecule has 5 nitrogen and oxygen atoms in total. The molecule has 0 N–H and O–H groups in total. The summed E-state index contributed by atoms with van der Waals surface area (Å²) in [5.74, 6) is 1.28. The number of hydrogen-bond acceptors (Lipinski definition) is 5. The molecule has 6 rings (SSSR count). The van der Waals surface area contributed by atoms with Gasteiger partial charge in [-0.3, -0.25) is 0 Å². The smallest absolute Gasteiger partial charge is 0.509 e. The van der Waals surface area contributed by atoms with Crippen LogP contribution in [0, 0.1) is 25.5 Å². The first kappa shape index (κ1) is 33.1. The molecule has 0 unspecified atom stereocenters. The molecule has 6 heteroatoms. The number of fused-ring (bicyclic) bond motifs is 2. The summed E-state index contributed by atoms with van der Waals surface area (Å²) in [4.78, 5) is 8.82. The van der Waals surface area contributed by atoms with Crippen LogP contribution in [-0.4, -0.2) is 19.0 Å². The second-order valence-electron chi connectivity index (χ2n) is 14.6. The Bertz CT molecular complexity index is 1700. The van der Waals surface area contributed by atoms with E-state index in [1.165, 1.54) is 22.4 Å². The summed E-state index contributed by atoms with van der Waals surface area (Å²) in [6.45, 7) is 22.5. The van der Waals surface area contributed by atoms with Gasteiger partial charge in [0.25, 0.3) is 0 Å². The third kappa shape index (κ3) is 6.14. The van der Waals surface area contributed by atoms with Crippen LogP contribution in [0.5, 0.6) is 11.5 Å². The van der Waals surface area contributed by atoms with Gasteiger partial charge in [-0.15, -0.1) is 47.8 Å². The molecule has 0 spiro atoms. The Morgan fingerprint density at radius 2 is 1.16 bits per heavy atom. The topological polar surface area (TPSA) is 22.2 Å². The van der Waals surface area contributed by atoms with Crippen LogP contribution < -0.4 is 19.4 Å². The van der Waals surface area contributed by atoms with Crippen LogP contribution in [0.25, 0.3) is 0 Å². The van der Waals surface area contributed by atoms with Gasteiger partial charge >= 0.3 is 21.1 Å². The van der Waals surface area contributed by atoms with Crippen molar-refractivity contribution < 1.29 is 25.8 Å². The molecule has 2 aliphatic rings. The summed E-state index contributed by atoms with van der Waals surface area (Å²) in [7, 11) is 4.22. The molecule has 0 amide bonds. The van der Waals surface area contributed by atoms with Crippen LogP contribution in [0.3, 0.4) is 0 Å². The summed E-state index contributed by atoms with van der Waals surface area (Å²) in [5, 5.41) is 0. The van der Waals surface area contributed by atoms with Gasteiger partial charge in [-0.1, -0.05) is 59.7 Å². The normalized spacial score (nSPS) is 16.3. The van der Waals surface area contributed by atoms with Crippen molar-refractivity contribution in [1.82, 2.24) is 4.90 Å². The van der Waals surface area contributed by atoms with Gasteiger partial charge in [0.15, 0.2) is 0 Å². The van der Waals surface area contributed by atoms with Crippen LogP contribution >= 0.6 is 0 Å². The standard InChI is InChI=1S/C39H44N4O.Pt/c1-37(2,3)32-23-35-36(24-33(32)38(4,5)6)42(25-40(35)9)27-15-13-17-29(21-27)44-30-18-14-16-28(22-30)43-26-41(10)39(7,8)31-19-11-12-20-34(31)43;/h11-20,23-26H,1-10H3;/q-4;+4. The van der Waals surface area contributed by atoms with Gasteiger partial charge in [-0.2, -0.15) is 25.5 Å². The molecule has 2 heterocycles. The van der Waals surface area contributed by atoms with E-state index in [0.29, 0.717) is 11.5 Å². The molecule has 0 radical (unpaired) electrons. The van der Waals surface area contributed by atoms with E-state index in [0.717, 1.165) is 22.7 Å². The van der Waals surface area contributed by atoms with Gasteiger partial charge in [0.2, 0.25) is 0 Å². The zero-order chi connectivity index (χ0) is 31.6. The zero-order valence-corrected chi connectivity index (χ0v) is 30.4. The summed E-state index contributed by atoms with van der Waals surface area (Å²) in [5.41, 5.74) is 9.28. The Kier molecular flexibility index (Phi) is 8.70. The van der Waals surface area contributed by atoms with Gasteiger partial charge in [0, 0.05) is 34.1 Å². The van der Waals surface area contributed by atoms with Crippen molar-refractivity contribution in [2.24, 2.45) is 0 Å². The van der Waals surface area contributed by atoms with Gasteiger partial charge in [0.05, 0.1) is 0 Å². The van der Waals surface area contributed by atoms with Crippen molar-refractivity contribution in [2.45, 2.75) is 71.8 Å². The number of nitrogens with zero attached hydrogens (tertiary/aromatic N) is 4. The van der Waals surface area contributed by atoms with Crippen molar-refractivity contribution in [2.75, 3.05) is 28.8 Å². The van der Waals surface area contributed by atoms with Gasteiger partial charge in [-0.05, 0) is 73.7 Å². The Hall–Kier alpha value is -3.27. The van der Waals surface area contributed by atoms with E-state index in [9.17, 15) is 0 Å². The molecule has 4 aromatic rings. The summed E-state index contributed by atoms with van der Waals surface area (Å²) in [6, 6.07) is 32.4. The minimum Gasteiger partial charge on any atom is -0.509 e. The second kappa shape index (κ2) is 11.8. The maximum atomic E-state index is 6.40. The number of para-hydroxylation sites is 1. The predicted molar refractivity (Wildman–Crippen MR) is 183 cm³/mol. The van der Waals surface area contributed by atoms with E-state index < -0.39 is 0 Å². The summed E-state index contributed by atoms with van der Waals surface area (Å²) >= 11 is 0. The number of benzene rings is 4. The molecule has 0 saturated carbocycles. The van der Waals surface area contributed by atoms with E-state index in [4.69, 9.17) is 4.74 Å². The maximum Gasteiger partial charge on any atom is 4.00 e. The fourth-order valence-electron chi connectivity index (χ4n) is 6.14. The fraction of sp³-hybridized carbons (Fsp3) is 0.333. The number of ether oxygens (including phenoxy) is 1. The molecule has 0 aromatic heterocycles. The molecular formula is C39H44N4OPt. The van der Waals surface area contributed by atoms with E-state index >= 15 is 0 Å². The van der Waals surface area contributed by atoms with Crippen LogP contribution in [-0.2, 0) is 37.4 Å². The average molecular weight is 780 g/mol. The van der Waals surface area contributed by atoms with Crippen LogP contribution in [0.15, 0.2) is 72.8 Å². The fourth-order valence-corrected chi connectivity index (χ4v) is 6.14. The largest absolute Gasteiger partial charge is 4.00 e. The molecule has 4 aromatic carbocycles. The first-order valence-corrected chi connectivity index (χ1v) is 15.4. The van der Waals surface area contributed by atoms with Crippen LogP contribution in [0.2, 0.25) is 0 Å². The Labute approximate surface area is 285 Å². The quantitative estimate of drug-likeness (QED) is 0.192. The Morgan fingerprint density at radius 1 is 0.644 bits per heavy atom. The number of hydrogen-bond donors (Lipinski definition) is 0. The van der Waals surface area contributed by atoms with Crippen molar-refractivity contribution in [3.63, 3.8) is 0 Å². The van der Waals surface area contributed by atoms with Gasteiger partial charge in [-0.25, -0.2) is 0 Å². The maximum absolute atomic E-state index is 6.40. The van der Waals surface area contributed by atoms with E-state index in [1.54, 1.807) is 0 Å². The van der Waals surface area contributed by atoms with E-state index in [2.05, 4.69) is 163 Å². The molecule has 236 valence electrons. The van der Waals surface area contributed by atoms with Crippen LogP contribution in [0.4, 0.5) is 28.4 Å². The van der Waals surface area contributed by atoms with Crippen molar-refractivity contribution >= 4 is 28.4 Å². The monoisotopic (exact) mass is 779 g/mol. The number of anilines is 5. The first-order valence-electron chi connectivity index (χ1n) is 15.4. The SMILES string of the molecule is CN1[CH-]N(c2[c-]c(Oc3[c-]c(N4[CH-]N(C)C(C)(C)c5ccccc54)ccc3)ccc2)c2cc(C(C)(C)C)c(C(C)(C)C)cc21.[Pt+4]. The molecule has 45 heavy (non-hydrogen) atoms. The molecule has 2 aliphatic heterocycles. The second-order valence-corrected chi connectivity index (χ2v) is 14.6. The molecule has 0 atom stereocenters. The first-order chi connectivity index (χ1) is 20.6. The minimum atomic E-state index is -0.113.